The van der Waals surface area contributed by atoms with Gasteiger partial charge in [0.15, 0.2) is 5.16 Å². The quantitative estimate of drug-likeness (QED) is 0.644. The van der Waals surface area contributed by atoms with Gasteiger partial charge in [0.2, 0.25) is 5.91 Å². The summed E-state index contributed by atoms with van der Waals surface area (Å²) in [5, 5.41) is 3.80. The average molecular weight is 347 g/mol. The first-order valence-electron chi connectivity index (χ1n) is 8.27. The molecule has 0 aliphatic carbocycles. The lowest BCUT2D eigenvalue weighted by atomic mass is 10.2. The van der Waals surface area contributed by atoms with Crippen LogP contribution in [0.4, 0.5) is 0 Å². The Morgan fingerprint density at radius 1 is 1.21 bits per heavy atom. The highest BCUT2D eigenvalue weighted by molar-refractivity contribution is 8.00. The van der Waals surface area contributed by atoms with Gasteiger partial charge in [-0.1, -0.05) is 37.7 Å². The van der Waals surface area contributed by atoms with Gasteiger partial charge in [-0.15, -0.1) is 0 Å². The molecular formula is C18H25N3O2S. The third kappa shape index (κ3) is 4.17. The molecule has 24 heavy (non-hydrogen) atoms. The zero-order valence-electron chi connectivity index (χ0n) is 14.9. The van der Waals surface area contributed by atoms with Crippen LogP contribution in [0.1, 0.15) is 40.7 Å². The second kappa shape index (κ2) is 7.83. The second-order valence-corrected chi connectivity index (χ2v) is 7.89. The molecule has 6 heteroatoms. The number of fused-ring (bicyclic) bond motifs is 1. The van der Waals surface area contributed by atoms with Crippen molar-refractivity contribution in [1.29, 1.82) is 0 Å². The van der Waals surface area contributed by atoms with Crippen LogP contribution >= 0.6 is 11.8 Å². The van der Waals surface area contributed by atoms with E-state index in [4.69, 9.17) is 0 Å². The molecule has 2 rings (SSSR count). The van der Waals surface area contributed by atoms with E-state index in [-0.39, 0.29) is 22.8 Å². The highest BCUT2D eigenvalue weighted by atomic mass is 32.2. The maximum atomic E-state index is 12.8. The first kappa shape index (κ1) is 18.5. The van der Waals surface area contributed by atoms with E-state index in [0.29, 0.717) is 28.5 Å². The van der Waals surface area contributed by atoms with Crippen molar-refractivity contribution in [3.63, 3.8) is 0 Å². The van der Waals surface area contributed by atoms with E-state index >= 15 is 0 Å². The summed E-state index contributed by atoms with van der Waals surface area (Å²) in [5.74, 6) is 0.366. The fourth-order valence-electron chi connectivity index (χ4n) is 2.32. The summed E-state index contributed by atoms with van der Waals surface area (Å²) < 4.78 is 1.67. The Balaban J connectivity index is 2.35. The Hall–Kier alpha value is -1.82. The average Bonchev–Trinajstić information content (AvgIpc) is 2.52. The van der Waals surface area contributed by atoms with Crippen molar-refractivity contribution in [3.05, 3.63) is 34.6 Å². The van der Waals surface area contributed by atoms with Gasteiger partial charge in [0.25, 0.3) is 5.56 Å². The van der Waals surface area contributed by atoms with E-state index < -0.39 is 0 Å². The number of nitrogens with one attached hydrogen (secondary N) is 1. The standard InChI is InChI=1S/C18H25N3O2S/c1-11(2)10-19-16(22)13(5)24-18-20-15-9-7-6-8-14(15)17(23)21(18)12(3)4/h6-9,11-13H,10H2,1-5H3,(H,19,22). The molecule has 0 saturated heterocycles. The minimum Gasteiger partial charge on any atom is -0.355 e. The number of nitrogens with zero attached hydrogens (tertiary/aromatic N) is 2. The van der Waals surface area contributed by atoms with Gasteiger partial charge >= 0.3 is 0 Å². The Bertz CT molecular complexity index is 783. The van der Waals surface area contributed by atoms with Gasteiger partial charge in [0.05, 0.1) is 16.2 Å². The smallest absolute Gasteiger partial charge is 0.262 e. The van der Waals surface area contributed by atoms with Gasteiger partial charge in [-0.2, -0.15) is 0 Å². The van der Waals surface area contributed by atoms with Crippen molar-refractivity contribution in [2.45, 2.75) is 51.1 Å². The molecule has 0 saturated carbocycles. The minimum atomic E-state index is -0.318. The molecule has 1 aromatic carbocycles. The molecule has 0 radical (unpaired) electrons. The molecule has 1 N–H and O–H groups in total. The van der Waals surface area contributed by atoms with Crippen molar-refractivity contribution < 1.29 is 4.79 Å². The lowest BCUT2D eigenvalue weighted by molar-refractivity contribution is -0.120. The predicted molar refractivity (Wildman–Crippen MR) is 99.6 cm³/mol. The summed E-state index contributed by atoms with van der Waals surface area (Å²) in [4.78, 5) is 29.6. The maximum Gasteiger partial charge on any atom is 0.262 e. The van der Waals surface area contributed by atoms with E-state index in [9.17, 15) is 9.59 Å². The number of para-hydroxylation sites is 1. The molecule has 0 aliphatic heterocycles. The van der Waals surface area contributed by atoms with Crippen LogP contribution in [0.25, 0.3) is 10.9 Å². The Kier molecular flexibility index (Phi) is 6.04. The summed E-state index contributed by atoms with van der Waals surface area (Å²) in [7, 11) is 0. The van der Waals surface area contributed by atoms with Crippen LogP contribution in [0.15, 0.2) is 34.2 Å². The molecule has 1 unspecified atom stereocenters. The number of hydrogen-bond donors (Lipinski definition) is 1. The van der Waals surface area contributed by atoms with Crippen molar-refractivity contribution in [1.82, 2.24) is 14.9 Å². The van der Waals surface area contributed by atoms with E-state index in [0.717, 1.165) is 0 Å². The van der Waals surface area contributed by atoms with Gasteiger partial charge in [-0.25, -0.2) is 4.98 Å². The Morgan fingerprint density at radius 2 is 1.88 bits per heavy atom. The lowest BCUT2D eigenvalue weighted by Crippen LogP contribution is -2.34. The second-order valence-electron chi connectivity index (χ2n) is 6.58. The molecule has 0 bridgehead atoms. The number of hydrogen-bond acceptors (Lipinski definition) is 4. The molecule has 2 aromatic rings. The zero-order chi connectivity index (χ0) is 17.9. The Morgan fingerprint density at radius 3 is 2.50 bits per heavy atom. The molecule has 1 heterocycles. The number of amides is 1. The fourth-order valence-corrected chi connectivity index (χ4v) is 3.39. The van der Waals surface area contributed by atoms with Crippen molar-refractivity contribution in [3.8, 4) is 0 Å². The van der Waals surface area contributed by atoms with E-state index in [1.165, 1.54) is 11.8 Å². The summed E-state index contributed by atoms with van der Waals surface area (Å²) in [5.41, 5.74) is 0.601. The van der Waals surface area contributed by atoms with Gasteiger partial charge < -0.3 is 5.32 Å². The predicted octanol–water partition coefficient (Wildman–Crippen LogP) is 3.23. The van der Waals surface area contributed by atoms with Gasteiger partial charge in [0.1, 0.15) is 0 Å². The van der Waals surface area contributed by atoms with Crippen LogP contribution < -0.4 is 10.9 Å². The highest BCUT2D eigenvalue weighted by Gasteiger charge is 2.20. The third-order valence-corrected chi connectivity index (χ3v) is 4.69. The van der Waals surface area contributed by atoms with Crippen LogP contribution in [-0.2, 0) is 4.79 Å². The van der Waals surface area contributed by atoms with Crippen molar-refractivity contribution in [2.75, 3.05) is 6.54 Å². The first-order chi connectivity index (χ1) is 11.3. The number of benzene rings is 1. The number of carbonyl (C=O) groups excluding carboxylic acids is 1. The van der Waals surface area contributed by atoms with E-state index in [2.05, 4.69) is 24.1 Å². The molecule has 0 fully saturated rings. The monoisotopic (exact) mass is 347 g/mol. The van der Waals surface area contributed by atoms with Crippen molar-refractivity contribution >= 4 is 28.6 Å². The largest absolute Gasteiger partial charge is 0.355 e. The zero-order valence-corrected chi connectivity index (χ0v) is 15.7. The highest BCUT2D eigenvalue weighted by Crippen LogP contribution is 2.24. The molecule has 1 atom stereocenters. The molecule has 0 aliphatic rings. The summed E-state index contributed by atoms with van der Waals surface area (Å²) in [6.07, 6.45) is 0. The molecule has 130 valence electrons. The van der Waals surface area contributed by atoms with E-state index in [1.54, 1.807) is 10.6 Å². The van der Waals surface area contributed by atoms with Crippen molar-refractivity contribution in [2.24, 2.45) is 5.92 Å². The SMILES string of the molecule is CC(C)CNC(=O)C(C)Sc1nc2ccccc2c(=O)n1C(C)C. The molecule has 5 nitrogen and oxygen atoms in total. The van der Waals surface area contributed by atoms with Gasteiger partial charge in [-0.05, 0) is 38.8 Å². The molecule has 0 spiro atoms. The Labute approximate surface area is 146 Å². The normalized spacial score (nSPS) is 12.8. The van der Waals surface area contributed by atoms with Gasteiger partial charge in [-0.3, -0.25) is 14.2 Å². The molecule has 1 amide bonds. The third-order valence-electron chi connectivity index (χ3n) is 3.63. The minimum absolute atomic E-state index is 0.0250. The number of aromatic nitrogens is 2. The van der Waals surface area contributed by atoms with Crippen LogP contribution in [-0.4, -0.2) is 27.3 Å². The topological polar surface area (TPSA) is 64.0 Å². The first-order valence-corrected chi connectivity index (χ1v) is 9.14. The lowest BCUT2D eigenvalue weighted by Gasteiger charge is -2.18. The molecular weight excluding hydrogens is 322 g/mol. The summed E-state index contributed by atoms with van der Waals surface area (Å²) in [6, 6.07) is 7.29. The summed E-state index contributed by atoms with van der Waals surface area (Å²) in [6.45, 7) is 10.5. The number of rotatable bonds is 6. The maximum absolute atomic E-state index is 12.8. The van der Waals surface area contributed by atoms with Crippen LogP contribution in [0.5, 0.6) is 0 Å². The van der Waals surface area contributed by atoms with E-state index in [1.807, 2.05) is 39.0 Å². The number of thioether (sulfide) groups is 1. The fraction of sp³-hybridized carbons (Fsp3) is 0.500. The van der Waals surface area contributed by atoms with Crippen LogP contribution in [0.2, 0.25) is 0 Å². The number of carbonyl (C=O) groups is 1. The summed E-state index contributed by atoms with van der Waals surface area (Å²) >= 11 is 1.33. The van der Waals surface area contributed by atoms with Crippen LogP contribution in [0, 0.1) is 5.92 Å². The molecule has 1 aromatic heterocycles. The van der Waals surface area contributed by atoms with Crippen LogP contribution in [0.3, 0.4) is 0 Å². The van der Waals surface area contributed by atoms with Gasteiger partial charge in [0, 0.05) is 12.6 Å².